The third-order valence-corrected chi connectivity index (χ3v) is 7.14. The van der Waals surface area contributed by atoms with E-state index >= 15 is 0 Å². The zero-order chi connectivity index (χ0) is 17.3. The van der Waals surface area contributed by atoms with Gasteiger partial charge in [-0.1, -0.05) is 0 Å². The first-order chi connectivity index (χ1) is 11.3. The van der Waals surface area contributed by atoms with Gasteiger partial charge in [-0.3, -0.25) is 4.79 Å². The quantitative estimate of drug-likeness (QED) is 0.791. The molecule has 24 heavy (non-hydrogen) atoms. The molecule has 1 amide bonds. The van der Waals surface area contributed by atoms with Crippen molar-refractivity contribution in [3.8, 4) is 0 Å². The van der Waals surface area contributed by atoms with E-state index in [1.807, 2.05) is 0 Å². The Balaban J connectivity index is 1.58. The van der Waals surface area contributed by atoms with Crippen LogP contribution in [-0.4, -0.2) is 37.7 Å². The van der Waals surface area contributed by atoms with Crippen molar-refractivity contribution in [1.82, 2.24) is 10.6 Å². The van der Waals surface area contributed by atoms with E-state index in [1.165, 1.54) is 19.1 Å². The summed E-state index contributed by atoms with van der Waals surface area (Å²) in [6.45, 7) is 1.52. The van der Waals surface area contributed by atoms with Gasteiger partial charge in [-0.2, -0.15) is 0 Å². The summed E-state index contributed by atoms with van der Waals surface area (Å²) in [7, 11) is -3.64. The van der Waals surface area contributed by atoms with Crippen LogP contribution >= 0.6 is 0 Å². The number of hydrogen-bond acceptors (Lipinski definition) is 4. The van der Waals surface area contributed by atoms with Crippen LogP contribution in [0.5, 0.6) is 0 Å². The van der Waals surface area contributed by atoms with Crippen molar-refractivity contribution in [2.45, 2.75) is 67.3 Å². The van der Waals surface area contributed by atoms with Crippen molar-refractivity contribution in [2.24, 2.45) is 0 Å². The van der Waals surface area contributed by atoms with Gasteiger partial charge in [0.1, 0.15) is 5.82 Å². The maximum absolute atomic E-state index is 13.0. The lowest BCUT2D eigenvalue weighted by Crippen LogP contribution is -2.48. The smallest absolute Gasteiger partial charge is 0.221 e. The Hall–Kier alpha value is -1.47. The summed E-state index contributed by atoms with van der Waals surface area (Å²) in [5, 5.41) is 5.64. The lowest BCUT2D eigenvalue weighted by molar-refractivity contribution is -0.122. The molecule has 0 aliphatic carbocycles. The molecule has 132 valence electrons. The SMILES string of the molecule is CC(CC(=O)NC1CC2CCC(C1)N2)S(=O)(=O)c1ccc(F)cc1. The van der Waals surface area contributed by atoms with E-state index in [-0.39, 0.29) is 23.3 Å². The molecule has 3 atom stereocenters. The molecular formula is C17H23FN2O3S. The summed E-state index contributed by atoms with van der Waals surface area (Å²) < 4.78 is 37.9. The molecule has 3 rings (SSSR count). The maximum Gasteiger partial charge on any atom is 0.221 e. The third kappa shape index (κ3) is 3.78. The lowest BCUT2D eigenvalue weighted by Gasteiger charge is -2.30. The number of rotatable bonds is 5. The van der Waals surface area contributed by atoms with Crippen LogP contribution in [0.2, 0.25) is 0 Å². The average molecular weight is 354 g/mol. The molecule has 2 bridgehead atoms. The molecule has 0 spiro atoms. The molecule has 2 N–H and O–H groups in total. The predicted octanol–water partition coefficient (Wildman–Crippen LogP) is 1.78. The van der Waals surface area contributed by atoms with Crippen LogP contribution in [0.1, 0.15) is 39.0 Å². The molecular weight excluding hydrogens is 331 g/mol. The van der Waals surface area contributed by atoms with Crippen LogP contribution in [-0.2, 0) is 14.6 Å². The molecule has 0 saturated carbocycles. The van der Waals surface area contributed by atoms with Gasteiger partial charge in [0, 0.05) is 24.5 Å². The second-order valence-corrected chi connectivity index (χ2v) is 9.25. The normalized spacial score (nSPS) is 27.7. The maximum atomic E-state index is 13.0. The fourth-order valence-electron chi connectivity index (χ4n) is 3.69. The first-order valence-electron chi connectivity index (χ1n) is 8.39. The van der Waals surface area contributed by atoms with Crippen LogP contribution in [0, 0.1) is 5.82 Å². The molecule has 7 heteroatoms. The van der Waals surface area contributed by atoms with E-state index in [0.717, 1.165) is 37.8 Å². The van der Waals surface area contributed by atoms with Crippen LogP contribution < -0.4 is 10.6 Å². The van der Waals surface area contributed by atoms with Crippen LogP contribution in [0.15, 0.2) is 29.2 Å². The van der Waals surface area contributed by atoms with Gasteiger partial charge in [0.15, 0.2) is 9.84 Å². The van der Waals surface area contributed by atoms with Gasteiger partial charge >= 0.3 is 0 Å². The first kappa shape index (κ1) is 17.4. The summed E-state index contributed by atoms with van der Waals surface area (Å²) >= 11 is 0. The van der Waals surface area contributed by atoms with Gasteiger partial charge < -0.3 is 10.6 Å². The zero-order valence-electron chi connectivity index (χ0n) is 13.7. The summed E-state index contributed by atoms with van der Waals surface area (Å²) in [5.41, 5.74) is 0. The minimum atomic E-state index is -3.64. The van der Waals surface area contributed by atoms with Crippen molar-refractivity contribution in [3.05, 3.63) is 30.1 Å². The highest BCUT2D eigenvalue weighted by Gasteiger charge is 2.34. The summed E-state index contributed by atoms with van der Waals surface area (Å²) in [5.74, 6) is -0.723. The Bertz CT molecular complexity index is 693. The molecule has 0 radical (unpaired) electrons. The Morgan fingerprint density at radius 1 is 1.25 bits per heavy atom. The molecule has 0 aromatic heterocycles. The molecule has 2 aliphatic heterocycles. The number of sulfone groups is 1. The predicted molar refractivity (Wildman–Crippen MR) is 88.8 cm³/mol. The topological polar surface area (TPSA) is 75.3 Å². The molecule has 2 fully saturated rings. The van der Waals surface area contributed by atoms with Crippen molar-refractivity contribution in [1.29, 1.82) is 0 Å². The standard InChI is InChI=1S/C17H23FN2O3S/c1-11(24(22,23)16-6-2-12(18)3-7-16)8-17(21)20-15-9-13-4-5-14(10-15)19-13/h2-3,6-7,11,13-15,19H,4-5,8-10H2,1H3,(H,20,21). The largest absolute Gasteiger partial charge is 0.353 e. The number of carbonyl (C=O) groups excluding carboxylic acids is 1. The van der Waals surface area contributed by atoms with Crippen LogP contribution in [0.25, 0.3) is 0 Å². The molecule has 2 heterocycles. The van der Waals surface area contributed by atoms with Crippen molar-refractivity contribution in [2.75, 3.05) is 0 Å². The minimum absolute atomic E-state index is 0.0455. The van der Waals surface area contributed by atoms with E-state index in [2.05, 4.69) is 10.6 Å². The second kappa shape index (κ2) is 6.80. The number of amides is 1. The fraction of sp³-hybridized carbons (Fsp3) is 0.588. The number of hydrogen-bond donors (Lipinski definition) is 2. The van der Waals surface area contributed by atoms with Gasteiger partial charge in [-0.05, 0) is 56.9 Å². The Kier molecular flexibility index (Phi) is 4.92. The number of carbonyl (C=O) groups is 1. The first-order valence-corrected chi connectivity index (χ1v) is 9.94. The Morgan fingerprint density at radius 3 is 2.42 bits per heavy atom. The minimum Gasteiger partial charge on any atom is -0.353 e. The molecule has 2 aliphatic rings. The number of benzene rings is 1. The monoisotopic (exact) mass is 354 g/mol. The van der Waals surface area contributed by atoms with Gasteiger partial charge in [-0.25, -0.2) is 12.8 Å². The average Bonchev–Trinajstić information content (AvgIpc) is 2.86. The molecule has 3 unspecified atom stereocenters. The molecule has 1 aromatic rings. The van der Waals surface area contributed by atoms with Gasteiger partial charge in [0.25, 0.3) is 0 Å². The van der Waals surface area contributed by atoms with Crippen molar-refractivity contribution < 1.29 is 17.6 Å². The number of fused-ring (bicyclic) bond motifs is 2. The highest BCUT2D eigenvalue weighted by atomic mass is 32.2. The molecule has 1 aromatic carbocycles. The van der Waals surface area contributed by atoms with Crippen LogP contribution in [0.3, 0.4) is 0 Å². The summed E-state index contributed by atoms with van der Waals surface area (Å²) in [4.78, 5) is 12.3. The van der Waals surface area contributed by atoms with Gasteiger partial charge in [0.2, 0.25) is 5.91 Å². The Morgan fingerprint density at radius 2 is 1.83 bits per heavy atom. The molecule has 5 nitrogen and oxygen atoms in total. The van der Waals surface area contributed by atoms with Gasteiger partial charge in [0.05, 0.1) is 10.1 Å². The number of piperidine rings is 1. The number of nitrogens with one attached hydrogen (secondary N) is 2. The lowest BCUT2D eigenvalue weighted by atomic mass is 9.99. The van der Waals surface area contributed by atoms with E-state index < -0.39 is 20.9 Å². The second-order valence-electron chi connectivity index (χ2n) is 6.89. The van der Waals surface area contributed by atoms with E-state index in [4.69, 9.17) is 0 Å². The number of halogens is 1. The summed E-state index contributed by atoms with van der Waals surface area (Å²) in [6, 6.07) is 5.77. The summed E-state index contributed by atoms with van der Waals surface area (Å²) in [6.07, 6.45) is 4.01. The van der Waals surface area contributed by atoms with E-state index in [0.29, 0.717) is 12.1 Å². The van der Waals surface area contributed by atoms with E-state index in [9.17, 15) is 17.6 Å². The highest BCUT2D eigenvalue weighted by Crippen LogP contribution is 2.27. The van der Waals surface area contributed by atoms with Crippen LogP contribution in [0.4, 0.5) is 4.39 Å². The van der Waals surface area contributed by atoms with E-state index in [1.54, 1.807) is 0 Å². The Labute approximate surface area is 141 Å². The van der Waals surface area contributed by atoms with Crippen molar-refractivity contribution >= 4 is 15.7 Å². The van der Waals surface area contributed by atoms with Gasteiger partial charge in [-0.15, -0.1) is 0 Å². The zero-order valence-corrected chi connectivity index (χ0v) is 14.5. The third-order valence-electron chi connectivity index (χ3n) is 4.98. The highest BCUT2D eigenvalue weighted by molar-refractivity contribution is 7.92. The molecule has 2 saturated heterocycles. The van der Waals surface area contributed by atoms with Crippen molar-refractivity contribution in [3.63, 3.8) is 0 Å². The fourth-order valence-corrected chi connectivity index (χ4v) is 5.04.